The summed E-state index contributed by atoms with van der Waals surface area (Å²) in [5.74, 6) is -0.215. The number of rotatable bonds is 3. The van der Waals surface area contributed by atoms with Crippen LogP contribution in [0.5, 0.6) is 0 Å². The van der Waals surface area contributed by atoms with Gasteiger partial charge in [-0.25, -0.2) is 4.98 Å². The van der Waals surface area contributed by atoms with Gasteiger partial charge in [-0.05, 0) is 33.3 Å². The van der Waals surface area contributed by atoms with Crippen LogP contribution in [0, 0.1) is 13.8 Å². The molecule has 1 saturated heterocycles. The first kappa shape index (κ1) is 15.6. The highest BCUT2D eigenvalue weighted by Gasteiger charge is 2.30. The van der Waals surface area contributed by atoms with E-state index in [1.807, 2.05) is 27.7 Å². The quantitative estimate of drug-likeness (QED) is 0.636. The third-order valence-electron chi connectivity index (χ3n) is 3.85. The van der Waals surface area contributed by atoms with Crippen LogP contribution >= 0.6 is 23.1 Å². The SMILES string of the molecule is Cc1sc2nc(S[C@@H]3CCOC3=O)n(C(C)C)c(=O)c2c1C. The largest absolute Gasteiger partial charge is 0.465 e. The molecule has 1 aliphatic heterocycles. The number of hydrogen-bond acceptors (Lipinski definition) is 6. The number of fused-ring (bicyclic) bond motifs is 1. The van der Waals surface area contributed by atoms with Crippen LogP contribution < -0.4 is 5.56 Å². The normalized spacial score (nSPS) is 18.4. The van der Waals surface area contributed by atoms with Gasteiger partial charge >= 0.3 is 5.97 Å². The van der Waals surface area contributed by atoms with Crippen LogP contribution in [0.2, 0.25) is 0 Å². The fraction of sp³-hybridized carbons (Fsp3) is 0.533. The smallest absolute Gasteiger partial charge is 0.319 e. The van der Waals surface area contributed by atoms with Crippen molar-refractivity contribution in [2.45, 2.75) is 50.6 Å². The molecule has 0 amide bonds. The lowest BCUT2D eigenvalue weighted by Gasteiger charge is -2.16. The van der Waals surface area contributed by atoms with Gasteiger partial charge in [-0.2, -0.15) is 0 Å². The summed E-state index contributed by atoms with van der Waals surface area (Å²) >= 11 is 2.87. The monoisotopic (exact) mass is 338 g/mol. The van der Waals surface area contributed by atoms with Crippen LogP contribution in [-0.2, 0) is 9.53 Å². The van der Waals surface area contributed by atoms with Crippen molar-refractivity contribution in [1.29, 1.82) is 0 Å². The lowest BCUT2D eigenvalue weighted by Crippen LogP contribution is -2.26. The number of thioether (sulfide) groups is 1. The number of nitrogens with zero attached hydrogens (tertiary/aromatic N) is 2. The zero-order valence-corrected chi connectivity index (χ0v) is 14.6. The summed E-state index contributed by atoms with van der Waals surface area (Å²) in [6.07, 6.45) is 0.665. The van der Waals surface area contributed by atoms with Gasteiger partial charge in [0.05, 0.1) is 12.0 Å². The minimum Gasteiger partial charge on any atom is -0.465 e. The molecule has 118 valence electrons. The molecule has 1 atom stereocenters. The molecule has 2 aromatic rings. The van der Waals surface area contributed by atoms with E-state index < -0.39 is 0 Å². The molecule has 0 radical (unpaired) electrons. The maximum absolute atomic E-state index is 12.9. The molecule has 0 spiro atoms. The summed E-state index contributed by atoms with van der Waals surface area (Å²) in [4.78, 5) is 31.1. The molecule has 0 bridgehead atoms. The Hall–Kier alpha value is -1.34. The van der Waals surface area contributed by atoms with Crippen molar-refractivity contribution < 1.29 is 9.53 Å². The Labute approximate surface area is 136 Å². The molecule has 5 nitrogen and oxygen atoms in total. The molecule has 1 fully saturated rings. The Kier molecular flexibility index (Phi) is 4.03. The number of esters is 1. The number of aryl methyl sites for hydroxylation is 2. The van der Waals surface area contributed by atoms with Crippen molar-refractivity contribution in [3.63, 3.8) is 0 Å². The molecule has 1 aliphatic rings. The molecule has 0 aliphatic carbocycles. The van der Waals surface area contributed by atoms with Gasteiger partial charge in [0.25, 0.3) is 5.56 Å². The second kappa shape index (κ2) is 5.70. The predicted molar refractivity (Wildman–Crippen MR) is 89.0 cm³/mol. The maximum Gasteiger partial charge on any atom is 0.319 e. The summed E-state index contributed by atoms with van der Waals surface area (Å²) in [6, 6.07) is -0.0103. The van der Waals surface area contributed by atoms with Crippen LogP contribution in [0.1, 0.15) is 36.8 Å². The predicted octanol–water partition coefficient (Wildman–Crippen LogP) is 3.06. The lowest BCUT2D eigenvalue weighted by molar-refractivity contribution is -0.137. The second-order valence-corrected chi connectivity index (χ2v) is 8.06. The van der Waals surface area contributed by atoms with E-state index >= 15 is 0 Å². The standard InChI is InChI=1S/C15H18N2O3S2/c1-7(2)17-13(18)11-8(3)9(4)21-12(11)16-15(17)22-10-5-6-20-14(10)19/h7,10H,5-6H2,1-4H3/t10-/m1/s1. The van der Waals surface area contributed by atoms with E-state index in [-0.39, 0.29) is 22.8 Å². The van der Waals surface area contributed by atoms with E-state index in [1.54, 1.807) is 4.57 Å². The Morgan fingerprint density at radius 2 is 2.09 bits per heavy atom. The fourth-order valence-electron chi connectivity index (χ4n) is 2.54. The van der Waals surface area contributed by atoms with Crippen molar-refractivity contribution in [2.24, 2.45) is 0 Å². The average Bonchev–Trinajstić information content (AvgIpc) is 2.94. The molecular weight excluding hydrogens is 320 g/mol. The molecular formula is C15H18N2O3S2. The molecule has 0 unspecified atom stereocenters. The second-order valence-electron chi connectivity index (χ2n) is 5.69. The van der Waals surface area contributed by atoms with E-state index in [0.717, 1.165) is 15.3 Å². The minimum atomic E-state index is -0.267. The highest BCUT2D eigenvalue weighted by molar-refractivity contribution is 8.00. The highest BCUT2D eigenvalue weighted by Crippen LogP contribution is 2.33. The lowest BCUT2D eigenvalue weighted by atomic mass is 10.2. The zero-order valence-electron chi connectivity index (χ0n) is 13.0. The summed E-state index contributed by atoms with van der Waals surface area (Å²) in [6.45, 7) is 8.33. The third-order valence-corrected chi connectivity index (χ3v) is 6.17. The van der Waals surface area contributed by atoms with Crippen LogP contribution in [0.25, 0.3) is 10.2 Å². The Morgan fingerprint density at radius 3 is 2.68 bits per heavy atom. The first-order chi connectivity index (χ1) is 10.4. The van der Waals surface area contributed by atoms with E-state index in [4.69, 9.17) is 4.74 Å². The van der Waals surface area contributed by atoms with Crippen LogP contribution in [-0.4, -0.2) is 27.4 Å². The van der Waals surface area contributed by atoms with Crippen molar-refractivity contribution in [2.75, 3.05) is 6.61 Å². The number of carbonyl (C=O) groups is 1. The minimum absolute atomic E-state index is 0.0103. The van der Waals surface area contributed by atoms with Crippen LogP contribution in [0.15, 0.2) is 9.95 Å². The average molecular weight is 338 g/mol. The van der Waals surface area contributed by atoms with E-state index in [9.17, 15) is 9.59 Å². The van der Waals surface area contributed by atoms with Crippen molar-refractivity contribution in [3.05, 3.63) is 20.8 Å². The zero-order chi connectivity index (χ0) is 16.0. The molecule has 22 heavy (non-hydrogen) atoms. The van der Waals surface area contributed by atoms with Gasteiger partial charge < -0.3 is 4.74 Å². The molecule has 3 heterocycles. The molecule has 0 aromatic carbocycles. The van der Waals surface area contributed by atoms with Gasteiger partial charge in [-0.3, -0.25) is 14.2 Å². The number of cyclic esters (lactones) is 1. The maximum atomic E-state index is 12.9. The number of thiophene rings is 1. The molecule has 0 N–H and O–H groups in total. The van der Waals surface area contributed by atoms with Gasteiger partial charge in [0.1, 0.15) is 10.1 Å². The molecule has 2 aromatic heterocycles. The van der Waals surface area contributed by atoms with E-state index in [0.29, 0.717) is 23.6 Å². The molecule has 3 rings (SSSR count). The number of hydrogen-bond donors (Lipinski definition) is 0. The van der Waals surface area contributed by atoms with Crippen molar-refractivity contribution >= 4 is 39.3 Å². The van der Waals surface area contributed by atoms with Gasteiger partial charge in [0, 0.05) is 17.3 Å². The van der Waals surface area contributed by atoms with Crippen molar-refractivity contribution in [3.8, 4) is 0 Å². The van der Waals surface area contributed by atoms with Crippen molar-refractivity contribution in [1.82, 2.24) is 9.55 Å². The van der Waals surface area contributed by atoms with Crippen LogP contribution in [0.4, 0.5) is 0 Å². The fourth-order valence-corrected chi connectivity index (χ4v) is 4.80. The summed E-state index contributed by atoms with van der Waals surface area (Å²) in [7, 11) is 0. The van der Waals surface area contributed by atoms with Gasteiger partial charge in [-0.1, -0.05) is 11.8 Å². The van der Waals surface area contributed by atoms with Gasteiger partial charge in [-0.15, -0.1) is 11.3 Å². The van der Waals surface area contributed by atoms with Gasteiger partial charge in [0.2, 0.25) is 0 Å². The summed E-state index contributed by atoms with van der Waals surface area (Å²) < 4.78 is 6.70. The first-order valence-electron chi connectivity index (χ1n) is 7.25. The summed E-state index contributed by atoms with van der Waals surface area (Å²) in [5.41, 5.74) is 0.986. The topological polar surface area (TPSA) is 61.2 Å². The third kappa shape index (κ3) is 2.46. The molecule has 7 heteroatoms. The summed E-state index contributed by atoms with van der Waals surface area (Å²) in [5, 5.41) is 1.05. The Morgan fingerprint density at radius 1 is 1.36 bits per heavy atom. The van der Waals surface area contributed by atoms with Gasteiger partial charge in [0.15, 0.2) is 5.16 Å². The first-order valence-corrected chi connectivity index (χ1v) is 8.95. The molecule has 0 saturated carbocycles. The number of aromatic nitrogens is 2. The van der Waals surface area contributed by atoms with Crippen LogP contribution in [0.3, 0.4) is 0 Å². The Bertz CT molecular complexity index is 807. The number of carbonyl (C=O) groups excluding carboxylic acids is 1. The number of ether oxygens (including phenoxy) is 1. The van der Waals surface area contributed by atoms with E-state index in [1.165, 1.54) is 23.1 Å². The van der Waals surface area contributed by atoms with E-state index in [2.05, 4.69) is 4.98 Å². The highest BCUT2D eigenvalue weighted by atomic mass is 32.2. The Balaban J connectivity index is 2.18.